The molecule has 0 aromatic carbocycles. The summed E-state index contributed by atoms with van der Waals surface area (Å²) in [5.74, 6) is 0.386. The van der Waals surface area contributed by atoms with Crippen molar-refractivity contribution in [2.75, 3.05) is 14.2 Å². The normalized spacial score (nSPS) is 13.2. The molecule has 0 aliphatic carbocycles. The minimum absolute atomic E-state index is 0.386. The van der Waals surface area contributed by atoms with Gasteiger partial charge in [0.05, 0.1) is 13.3 Å². The minimum Gasteiger partial charge on any atom is -0.493 e. The molecule has 0 aliphatic heterocycles. The molecule has 1 aromatic heterocycles. The summed E-state index contributed by atoms with van der Waals surface area (Å²) in [7, 11) is 2.93. The highest BCUT2D eigenvalue weighted by Crippen LogP contribution is 2.28. The summed E-state index contributed by atoms with van der Waals surface area (Å²) in [6, 6.07) is -1.05. The first kappa shape index (κ1) is 11.9. The minimum atomic E-state index is -2.49. The van der Waals surface area contributed by atoms with Crippen LogP contribution in [0, 0.1) is 0 Å². The molecule has 0 saturated heterocycles. The van der Waals surface area contributed by atoms with Gasteiger partial charge in [-0.2, -0.15) is 5.10 Å². The van der Waals surface area contributed by atoms with Gasteiger partial charge in [-0.25, -0.2) is 8.78 Å². The summed E-state index contributed by atoms with van der Waals surface area (Å²) in [5, 5.41) is 6.54. The maximum atomic E-state index is 12.7. The van der Waals surface area contributed by atoms with Crippen LogP contribution in [0.25, 0.3) is 0 Å². The molecular weight excluding hydrogens is 204 g/mol. The third-order valence-electron chi connectivity index (χ3n) is 2.22. The fourth-order valence-corrected chi connectivity index (χ4v) is 1.48. The molecule has 6 heteroatoms. The number of nitrogens with zero attached hydrogens (tertiary/aromatic N) is 2. The van der Waals surface area contributed by atoms with Crippen molar-refractivity contribution < 1.29 is 13.5 Å². The molecule has 0 saturated carbocycles. The quantitative estimate of drug-likeness (QED) is 0.814. The number of halogens is 2. The van der Waals surface area contributed by atoms with Crippen molar-refractivity contribution in [2.45, 2.75) is 25.9 Å². The van der Waals surface area contributed by atoms with E-state index in [1.54, 1.807) is 0 Å². The number of ether oxygens (including phenoxy) is 1. The molecule has 4 nitrogen and oxygen atoms in total. The van der Waals surface area contributed by atoms with Crippen molar-refractivity contribution in [3.8, 4) is 5.75 Å². The number of alkyl halides is 2. The Morgan fingerprint density at radius 2 is 2.27 bits per heavy atom. The third-order valence-corrected chi connectivity index (χ3v) is 2.22. The van der Waals surface area contributed by atoms with E-state index in [4.69, 9.17) is 4.74 Å². The highest BCUT2D eigenvalue weighted by Gasteiger charge is 2.27. The van der Waals surface area contributed by atoms with Crippen LogP contribution >= 0.6 is 0 Å². The average molecular weight is 219 g/mol. The molecule has 0 radical (unpaired) electrons. The molecule has 0 bridgehead atoms. The van der Waals surface area contributed by atoms with Gasteiger partial charge in [-0.15, -0.1) is 0 Å². The Kier molecular flexibility index (Phi) is 4.02. The Balaban J connectivity index is 3.12. The Morgan fingerprint density at radius 3 is 2.67 bits per heavy atom. The Hall–Kier alpha value is -1.17. The van der Waals surface area contributed by atoms with Crippen LogP contribution in [0.4, 0.5) is 8.78 Å². The van der Waals surface area contributed by atoms with Crippen LogP contribution in [-0.4, -0.2) is 30.4 Å². The Labute approximate surface area is 87.2 Å². The van der Waals surface area contributed by atoms with Crippen LogP contribution in [0.5, 0.6) is 5.75 Å². The van der Waals surface area contributed by atoms with Gasteiger partial charge in [0.2, 0.25) is 0 Å². The van der Waals surface area contributed by atoms with Crippen LogP contribution in [0.2, 0.25) is 0 Å². The SMILES string of the molecule is CCn1ncc(OC)c1C(NC)C(F)F. The van der Waals surface area contributed by atoms with Crippen LogP contribution in [0.3, 0.4) is 0 Å². The fourth-order valence-electron chi connectivity index (χ4n) is 1.48. The molecule has 0 amide bonds. The maximum absolute atomic E-state index is 12.7. The molecular formula is C9H15F2N3O. The monoisotopic (exact) mass is 219 g/mol. The van der Waals surface area contributed by atoms with E-state index in [1.807, 2.05) is 6.92 Å². The molecule has 1 heterocycles. The second-order valence-electron chi connectivity index (χ2n) is 3.01. The molecule has 86 valence electrons. The van der Waals surface area contributed by atoms with Crippen molar-refractivity contribution in [3.05, 3.63) is 11.9 Å². The van der Waals surface area contributed by atoms with Gasteiger partial charge in [0.25, 0.3) is 6.43 Å². The van der Waals surface area contributed by atoms with Gasteiger partial charge in [-0.05, 0) is 14.0 Å². The molecule has 1 rings (SSSR count). The lowest BCUT2D eigenvalue weighted by molar-refractivity contribution is 0.0967. The van der Waals surface area contributed by atoms with E-state index in [9.17, 15) is 8.78 Å². The molecule has 0 fully saturated rings. The molecule has 1 aromatic rings. The first-order valence-electron chi connectivity index (χ1n) is 4.70. The summed E-state index contributed by atoms with van der Waals surface area (Å²) >= 11 is 0. The van der Waals surface area contributed by atoms with Crippen LogP contribution in [0.15, 0.2) is 6.20 Å². The van der Waals surface area contributed by atoms with E-state index in [2.05, 4.69) is 10.4 Å². The maximum Gasteiger partial charge on any atom is 0.259 e. The Bertz CT molecular complexity index is 293. The first-order valence-corrected chi connectivity index (χ1v) is 4.70. The zero-order chi connectivity index (χ0) is 11.4. The second kappa shape index (κ2) is 5.06. The second-order valence-corrected chi connectivity index (χ2v) is 3.01. The highest BCUT2D eigenvalue weighted by atomic mass is 19.3. The predicted molar refractivity (Wildman–Crippen MR) is 52.3 cm³/mol. The summed E-state index contributed by atoms with van der Waals surface area (Å²) in [4.78, 5) is 0. The summed E-state index contributed by atoms with van der Waals surface area (Å²) in [6.45, 7) is 2.37. The third kappa shape index (κ3) is 2.26. The van der Waals surface area contributed by atoms with E-state index in [0.29, 0.717) is 18.0 Å². The number of rotatable bonds is 5. The van der Waals surface area contributed by atoms with E-state index in [-0.39, 0.29) is 0 Å². The van der Waals surface area contributed by atoms with Gasteiger partial charge in [0.15, 0.2) is 5.75 Å². The van der Waals surface area contributed by atoms with Gasteiger partial charge in [0.1, 0.15) is 11.7 Å². The smallest absolute Gasteiger partial charge is 0.259 e. The standard InChI is InChI=1S/C9H15F2N3O/c1-4-14-8(6(15-3)5-13-14)7(12-2)9(10)11/h5,7,9,12H,4H2,1-3H3. The first-order chi connectivity index (χ1) is 7.15. The van der Waals surface area contributed by atoms with Crippen LogP contribution in [-0.2, 0) is 6.54 Å². The highest BCUT2D eigenvalue weighted by molar-refractivity contribution is 5.28. The van der Waals surface area contributed by atoms with Crippen molar-refractivity contribution in [2.24, 2.45) is 0 Å². The lowest BCUT2D eigenvalue weighted by Gasteiger charge is -2.17. The van der Waals surface area contributed by atoms with Gasteiger partial charge >= 0.3 is 0 Å². The summed E-state index contributed by atoms with van der Waals surface area (Å²) < 4.78 is 32.0. The van der Waals surface area contributed by atoms with E-state index >= 15 is 0 Å². The van der Waals surface area contributed by atoms with Crippen molar-refractivity contribution in [3.63, 3.8) is 0 Å². The van der Waals surface area contributed by atoms with E-state index < -0.39 is 12.5 Å². The number of aryl methyl sites for hydroxylation is 1. The van der Waals surface area contributed by atoms with Crippen molar-refractivity contribution in [1.82, 2.24) is 15.1 Å². The van der Waals surface area contributed by atoms with Crippen molar-refractivity contribution in [1.29, 1.82) is 0 Å². The molecule has 0 spiro atoms. The molecule has 1 atom stereocenters. The summed E-state index contributed by atoms with van der Waals surface area (Å²) in [5.41, 5.74) is 0.387. The molecule has 0 aliphatic rings. The fraction of sp³-hybridized carbons (Fsp3) is 0.667. The van der Waals surface area contributed by atoms with Gasteiger partial charge in [0, 0.05) is 6.54 Å². The number of methoxy groups -OCH3 is 1. The van der Waals surface area contributed by atoms with Gasteiger partial charge < -0.3 is 10.1 Å². The number of hydrogen-bond donors (Lipinski definition) is 1. The van der Waals surface area contributed by atoms with Crippen LogP contribution in [0.1, 0.15) is 18.7 Å². The lowest BCUT2D eigenvalue weighted by Crippen LogP contribution is -2.27. The lowest BCUT2D eigenvalue weighted by atomic mass is 10.2. The zero-order valence-corrected chi connectivity index (χ0v) is 9.00. The predicted octanol–water partition coefficient (Wildman–Crippen LogP) is 1.44. The van der Waals surface area contributed by atoms with Gasteiger partial charge in [-0.3, -0.25) is 4.68 Å². The zero-order valence-electron chi connectivity index (χ0n) is 9.00. The van der Waals surface area contributed by atoms with Crippen molar-refractivity contribution >= 4 is 0 Å². The molecule has 15 heavy (non-hydrogen) atoms. The van der Waals surface area contributed by atoms with E-state index in [1.165, 1.54) is 25.0 Å². The average Bonchev–Trinajstić information content (AvgIpc) is 2.61. The summed E-state index contributed by atoms with van der Waals surface area (Å²) in [6.07, 6.45) is -1.04. The van der Waals surface area contributed by atoms with Crippen LogP contribution < -0.4 is 10.1 Å². The molecule has 1 unspecified atom stereocenters. The molecule has 1 N–H and O–H groups in total. The number of aromatic nitrogens is 2. The van der Waals surface area contributed by atoms with E-state index in [0.717, 1.165) is 0 Å². The van der Waals surface area contributed by atoms with Gasteiger partial charge in [-0.1, -0.05) is 0 Å². The Morgan fingerprint density at radius 1 is 1.60 bits per heavy atom. The largest absolute Gasteiger partial charge is 0.493 e. The topological polar surface area (TPSA) is 39.1 Å². The number of nitrogens with one attached hydrogen (secondary N) is 1. The number of hydrogen-bond acceptors (Lipinski definition) is 3.